The topological polar surface area (TPSA) is 111 Å². The second-order valence-corrected chi connectivity index (χ2v) is 26.3. The van der Waals surface area contributed by atoms with Crippen molar-refractivity contribution >= 4 is 19.8 Å². The van der Waals surface area contributed by atoms with Crippen molar-refractivity contribution in [1.82, 2.24) is 0 Å². The van der Waals surface area contributed by atoms with Gasteiger partial charge in [-0.2, -0.15) is 0 Å². The molecule has 0 fully saturated rings. The average Bonchev–Trinajstić information content (AvgIpc) is 3.39. The first-order valence-corrected chi connectivity index (χ1v) is 35.7. The molecule has 77 heavy (non-hydrogen) atoms. The highest BCUT2D eigenvalue weighted by molar-refractivity contribution is 7.45. The van der Waals surface area contributed by atoms with Crippen molar-refractivity contribution in [2.75, 3.05) is 47.5 Å². The van der Waals surface area contributed by atoms with Crippen LogP contribution >= 0.6 is 7.82 Å². The maximum Gasteiger partial charge on any atom is 0.306 e. The Labute approximate surface area is 480 Å². The van der Waals surface area contributed by atoms with Crippen LogP contribution < -0.4 is 4.89 Å². The molecule has 2 unspecified atom stereocenters. The smallest absolute Gasteiger partial charge is 0.306 e. The largest absolute Gasteiger partial charge is 0.756 e. The zero-order valence-corrected chi connectivity index (χ0v) is 53.4. The van der Waals surface area contributed by atoms with Gasteiger partial charge in [0.25, 0.3) is 7.82 Å². The van der Waals surface area contributed by atoms with E-state index < -0.39 is 26.5 Å². The molecule has 0 bridgehead atoms. The van der Waals surface area contributed by atoms with Crippen LogP contribution in [0.1, 0.15) is 367 Å². The molecule has 0 saturated heterocycles. The summed E-state index contributed by atoms with van der Waals surface area (Å²) >= 11 is 0. The normalized spacial score (nSPS) is 13.1. The number of hydrogen-bond donors (Lipinski definition) is 0. The molecule has 0 aliphatic rings. The number of phosphoric acid groups is 1. The van der Waals surface area contributed by atoms with Gasteiger partial charge in [-0.15, -0.1) is 0 Å². The van der Waals surface area contributed by atoms with E-state index in [-0.39, 0.29) is 32.0 Å². The SMILES string of the molecule is CCCCCCCCCCCCCCCCCCCCCCCCCCCCCCCCCCCCCCCCC(=O)OC(COC(=O)CCCCCCCCCCCCCCCCC)COP(=O)([O-])OCC[N+](C)(C)C. The van der Waals surface area contributed by atoms with Crippen LogP contribution in [0.4, 0.5) is 0 Å². The summed E-state index contributed by atoms with van der Waals surface area (Å²) < 4.78 is 34.2. The highest BCUT2D eigenvalue weighted by Crippen LogP contribution is 2.38. The van der Waals surface area contributed by atoms with Crippen molar-refractivity contribution in [2.24, 2.45) is 0 Å². The third kappa shape index (κ3) is 64.1. The molecule has 2 atom stereocenters. The van der Waals surface area contributed by atoms with Crippen LogP contribution in [-0.2, 0) is 32.7 Å². The maximum atomic E-state index is 12.8. The van der Waals surface area contributed by atoms with E-state index in [0.717, 1.165) is 32.1 Å². The first kappa shape index (κ1) is 76.0. The number of ether oxygens (including phenoxy) is 2. The number of esters is 2. The van der Waals surface area contributed by atoms with Crippen LogP contribution in [-0.4, -0.2) is 70.0 Å². The fourth-order valence-corrected chi connectivity index (χ4v) is 11.3. The van der Waals surface area contributed by atoms with Crippen molar-refractivity contribution < 1.29 is 42.1 Å². The third-order valence-electron chi connectivity index (χ3n) is 15.9. The summed E-state index contributed by atoms with van der Waals surface area (Å²) in [6.45, 7) is 4.32. The highest BCUT2D eigenvalue weighted by atomic mass is 31.2. The van der Waals surface area contributed by atoms with Crippen LogP contribution in [0.5, 0.6) is 0 Å². The van der Waals surface area contributed by atoms with Crippen molar-refractivity contribution in [3.8, 4) is 0 Å². The van der Waals surface area contributed by atoms with Gasteiger partial charge in [0.2, 0.25) is 0 Å². The number of likely N-dealkylation sites (N-methyl/N-ethyl adjacent to an activating group) is 1. The van der Waals surface area contributed by atoms with Crippen molar-refractivity contribution in [3.63, 3.8) is 0 Å². The lowest BCUT2D eigenvalue weighted by molar-refractivity contribution is -0.870. The number of hydrogen-bond acceptors (Lipinski definition) is 8. The molecule has 0 aromatic rings. The molecule has 10 heteroatoms. The molecule has 0 aromatic carbocycles. The number of quaternary nitrogens is 1. The second-order valence-electron chi connectivity index (χ2n) is 24.9. The fourth-order valence-electron chi connectivity index (χ4n) is 10.6. The summed E-state index contributed by atoms with van der Waals surface area (Å²) in [5.74, 6) is -0.808. The minimum Gasteiger partial charge on any atom is -0.756 e. The quantitative estimate of drug-likeness (QED) is 0.0256. The summed E-state index contributed by atoms with van der Waals surface area (Å²) in [4.78, 5) is 37.9. The Morgan fingerprint density at radius 1 is 0.351 bits per heavy atom. The van der Waals surface area contributed by atoms with Crippen molar-refractivity contribution in [1.29, 1.82) is 0 Å². The summed E-state index contributed by atoms with van der Waals surface area (Å²) in [6, 6.07) is 0. The van der Waals surface area contributed by atoms with Gasteiger partial charge in [-0.25, -0.2) is 0 Å². The number of rotatable bonds is 65. The molecular weight excluding hydrogens is 978 g/mol. The van der Waals surface area contributed by atoms with E-state index in [0.29, 0.717) is 17.4 Å². The molecular formula is C67H134NO8P. The molecule has 0 rings (SSSR count). The predicted molar refractivity (Wildman–Crippen MR) is 329 cm³/mol. The van der Waals surface area contributed by atoms with Gasteiger partial charge in [-0.3, -0.25) is 14.2 Å². The average molecular weight is 1110 g/mol. The molecule has 0 radical (unpaired) electrons. The molecule has 9 nitrogen and oxygen atoms in total. The Morgan fingerprint density at radius 2 is 0.584 bits per heavy atom. The lowest BCUT2D eigenvalue weighted by Crippen LogP contribution is -2.37. The second kappa shape index (κ2) is 59.6. The van der Waals surface area contributed by atoms with Gasteiger partial charge in [-0.05, 0) is 12.8 Å². The summed E-state index contributed by atoms with van der Waals surface area (Å²) in [7, 11) is 1.19. The van der Waals surface area contributed by atoms with Crippen LogP contribution in [0.2, 0.25) is 0 Å². The van der Waals surface area contributed by atoms with E-state index in [1.807, 2.05) is 21.1 Å². The van der Waals surface area contributed by atoms with E-state index in [2.05, 4.69) is 13.8 Å². The monoisotopic (exact) mass is 1110 g/mol. The first-order chi connectivity index (χ1) is 37.5. The summed E-state index contributed by atoms with van der Waals surface area (Å²) in [5.41, 5.74) is 0. The lowest BCUT2D eigenvalue weighted by atomic mass is 10.0. The minimum absolute atomic E-state index is 0.0250. The standard InChI is InChI=1S/C67H134NO8P/c1-6-8-10-12-14-16-18-20-22-23-24-25-26-27-28-29-30-31-32-33-34-35-36-37-38-39-40-41-42-43-44-46-48-50-52-54-56-58-60-67(70)76-65(64-75-77(71,72)74-62-61-68(3,4)5)63-73-66(69)59-57-55-53-51-49-47-45-21-19-17-15-13-11-9-7-2/h65H,6-64H2,1-5H3. The van der Waals surface area contributed by atoms with Crippen molar-refractivity contribution in [2.45, 2.75) is 373 Å². The van der Waals surface area contributed by atoms with Gasteiger partial charge in [0.1, 0.15) is 19.8 Å². The predicted octanol–water partition coefficient (Wildman–Crippen LogP) is 21.1. The van der Waals surface area contributed by atoms with Crippen LogP contribution in [0.25, 0.3) is 0 Å². The number of carbonyl (C=O) groups excluding carboxylic acids is 2. The van der Waals surface area contributed by atoms with E-state index in [1.54, 1.807) is 0 Å². The summed E-state index contributed by atoms with van der Waals surface area (Å²) in [5, 5.41) is 0. The van der Waals surface area contributed by atoms with Gasteiger partial charge >= 0.3 is 11.9 Å². The van der Waals surface area contributed by atoms with E-state index in [9.17, 15) is 19.0 Å². The molecule has 0 spiro atoms. The molecule has 0 amide bonds. The highest BCUT2D eigenvalue weighted by Gasteiger charge is 2.22. The van der Waals surface area contributed by atoms with Crippen LogP contribution in [0.3, 0.4) is 0 Å². The Hall–Kier alpha value is -0.990. The Morgan fingerprint density at radius 3 is 0.831 bits per heavy atom. The van der Waals surface area contributed by atoms with Crippen molar-refractivity contribution in [3.05, 3.63) is 0 Å². The number of unbranched alkanes of at least 4 members (excludes halogenated alkanes) is 51. The zero-order valence-electron chi connectivity index (χ0n) is 52.5. The first-order valence-electron chi connectivity index (χ1n) is 34.2. The Bertz CT molecular complexity index is 1260. The van der Waals surface area contributed by atoms with E-state index in [1.165, 1.54) is 302 Å². The molecule has 0 N–H and O–H groups in total. The van der Waals surface area contributed by atoms with Gasteiger partial charge in [0.05, 0.1) is 27.7 Å². The number of nitrogens with zero attached hydrogens (tertiary/aromatic N) is 1. The summed E-state index contributed by atoms with van der Waals surface area (Å²) in [6.07, 6.45) is 70.6. The van der Waals surface area contributed by atoms with E-state index in [4.69, 9.17) is 18.5 Å². The fraction of sp³-hybridized carbons (Fsp3) is 0.970. The maximum absolute atomic E-state index is 12.8. The Balaban J connectivity index is 3.84. The molecule has 0 aromatic heterocycles. The van der Waals surface area contributed by atoms with Gasteiger partial charge in [0.15, 0.2) is 6.10 Å². The minimum atomic E-state index is -4.63. The van der Waals surface area contributed by atoms with E-state index >= 15 is 0 Å². The molecule has 460 valence electrons. The van der Waals surface area contributed by atoms with Gasteiger partial charge < -0.3 is 27.9 Å². The molecule has 0 heterocycles. The molecule has 0 aliphatic carbocycles. The lowest BCUT2D eigenvalue weighted by Gasteiger charge is -2.28. The van der Waals surface area contributed by atoms with Crippen LogP contribution in [0, 0.1) is 0 Å². The Kier molecular flexibility index (Phi) is 58.9. The zero-order chi connectivity index (χ0) is 56.3. The molecule has 0 aliphatic heterocycles. The third-order valence-corrected chi connectivity index (χ3v) is 16.8. The number of carbonyl (C=O) groups is 2. The number of phosphoric ester groups is 1. The molecule has 0 saturated carbocycles. The van der Waals surface area contributed by atoms with Gasteiger partial charge in [0, 0.05) is 12.8 Å². The van der Waals surface area contributed by atoms with Gasteiger partial charge in [-0.1, -0.05) is 341 Å². The van der Waals surface area contributed by atoms with Crippen LogP contribution in [0.15, 0.2) is 0 Å².